The summed E-state index contributed by atoms with van der Waals surface area (Å²) < 4.78 is 11.6. The van der Waals surface area contributed by atoms with Crippen LogP contribution in [0.2, 0.25) is 0 Å². The number of ether oxygens (including phenoxy) is 2. The van der Waals surface area contributed by atoms with E-state index in [-0.39, 0.29) is 11.9 Å². The number of fused-ring (bicyclic) bond motifs is 1. The van der Waals surface area contributed by atoms with E-state index in [1.165, 1.54) is 0 Å². The van der Waals surface area contributed by atoms with Crippen LogP contribution in [0.1, 0.15) is 31.2 Å². The van der Waals surface area contributed by atoms with E-state index in [2.05, 4.69) is 27.2 Å². The quantitative estimate of drug-likeness (QED) is 0.277. The van der Waals surface area contributed by atoms with Crippen molar-refractivity contribution in [3.63, 3.8) is 0 Å². The van der Waals surface area contributed by atoms with E-state index in [0.29, 0.717) is 6.61 Å². The van der Waals surface area contributed by atoms with Gasteiger partial charge in [0.25, 0.3) is 0 Å². The van der Waals surface area contributed by atoms with Gasteiger partial charge < -0.3 is 9.47 Å². The summed E-state index contributed by atoms with van der Waals surface area (Å²) in [5, 5.41) is 2.20. The van der Waals surface area contributed by atoms with E-state index in [1.54, 1.807) is 7.11 Å². The van der Waals surface area contributed by atoms with E-state index in [1.807, 2.05) is 49.2 Å². The Balaban J connectivity index is 1.85. The first-order valence-corrected chi connectivity index (χ1v) is 9.95. The topological polar surface area (TPSA) is 35.5 Å². The van der Waals surface area contributed by atoms with Crippen molar-refractivity contribution in [1.82, 2.24) is 0 Å². The molecule has 4 nitrogen and oxygen atoms in total. The zero-order valence-electron chi connectivity index (χ0n) is 16.5. The molecule has 0 spiro atoms. The third-order valence-corrected chi connectivity index (χ3v) is 5.43. The van der Waals surface area contributed by atoms with Crippen LogP contribution in [0.25, 0.3) is 10.8 Å². The fraction of sp³-hybridized carbons (Fsp3) is 0.476. The SMILES string of the molecule is COc1ccc2cc([C@H](C)C(=O)OCCCCS[N+](C)(C)C)ccc2c1. The van der Waals surface area contributed by atoms with Gasteiger partial charge in [0.2, 0.25) is 0 Å². The Hall–Kier alpha value is -1.72. The minimum Gasteiger partial charge on any atom is -0.497 e. The van der Waals surface area contributed by atoms with E-state index in [4.69, 9.17) is 9.47 Å². The van der Waals surface area contributed by atoms with Crippen LogP contribution in [-0.2, 0) is 9.53 Å². The van der Waals surface area contributed by atoms with Crippen molar-refractivity contribution in [3.8, 4) is 5.75 Å². The normalized spacial score (nSPS) is 12.8. The molecule has 0 bridgehead atoms. The number of esters is 1. The minimum absolute atomic E-state index is 0.155. The van der Waals surface area contributed by atoms with Crippen molar-refractivity contribution < 1.29 is 18.2 Å². The molecule has 0 aromatic heterocycles. The second kappa shape index (κ2) is 9.28. The molecule has 2 aromatic carbocycles. The summed E-state index contributed by atoms with van der Waals surface area (Å²) in [6, 6.07) is 12.0. The Bertz CT molecular complexity index is 740. The summed E-state index contributed by atoms with van der Waals surface area (Å²) in [5.74, 6) is 1.49. The van der Waals surface area contributed by atoms with Gasteiger partial charge in [-0.1, -0.05) is 24.3 Å². The fourth-order valence-electron chi connectivity index (χ4n) is 2.61. The number of benzene rings is 2. The third kappa shape index (κ3) is 6.22. The van der Waals surface area contributed by atoms with E-state index < -0.39 is 0 Å². The van der Waals surface area contributed by atoms with Crippen molar-refractivity contribution in [2.75, 3.05) is 40.6 Å². The molecule has 0 amide bonds. The average Bonchev–Trinajstić information content (AvgIpc) is 2.61. The largest absolute Gasteiger partial charge is 0.497 e. The van der Waals surface area contributed by atoms with E-state index >= 15 is 0 Å². The Morgan fingerprint density at radius 1 is 1.08 bits per heavy atom. The molecule has 0 unspecified atom stereocenters. The lowest BCUT2D eigenvalue weighted by Crippen LogP contribution is -2.25. The van der Waals surface area contributed by atoms with Gasteiger partial charge in [-0.2, -0.15) is 0 Å². The molecule has 0 fully saturated rings. The first kappa shape index (κ1) is 20.6. The Morgan fingerprint density at radius 3 is 2.46 bits per heavy atom. The summed E-state index contributed by atoms with van der Waals surface area (Å²) in [7, 11) is 8.14. The molecule has 0 N–H and O–H groups in total. The Morgan fingerprint density at radius 2 is 1.77 bits per heavy atom. The first-order chi connectivity index (χ1) is 12.3. The molecule has 0 saturated carbocycles. The number of unbranched alkanes of at least 4 members (excludes halogenated alkanes) is 1. The van der Waals surface area contributed by atoms with Gasteiger partial charge in [-0.25, -0.2) is 0 Å². The lowest BCUT2D eigenvalue weighted by atomic mass is 9.98. The molecular formula is C21H30NO3S+. The summed E-state index contributed by atoms with van der Waals surface area (Å²) in [5.41, 5.74) is 0.980. The summed E-state index contributed by atoms with van der Waals surface area (Å²) in [4.78, 5) is 12.3. The zero-order valence-corrected chi connectivity index (χ0v) is 17.3. The van der Waals surface area contributed by atoms with Crippen LogP contribution >= 0.6 is 11.9 Å². The lowest BCUT2D eigenvalue weighted by molar-refractivity contribution is -0.726. The van der Waals surface area contributed by atoms with Crippen LogP contribution in [0.4, 0.5) is 0 Å². The first-order valence-electron chi connectivity index (χ1n) is 9.00. The van der Waals surface area contributed by atoms with Crippen LogP contribution in [0.5, 0.6) is 5.75 Å². The highest BCUT2D eigenvalue weighted by atomic mass is 32.2. The molecule has 2 aromatic rings. The number of hydrogen-bond donors (Lipinski definition) is 0. The van der Waals surface area contributed by atoms with Crippen LogP contribution in [0.15, 0.2) is 36.4 Å². The lowest BCUT2D eigenvalue weighted by Gasteiger charge is -2.20. The van der Waals surface area contributed by atoms with Crippen molar-refractivity contribution >= 4 is 28.7 Å². The van der Waals surface area contributed by atoms with Gasteiger partial charge in [0, 0.05) is 5.75 Å². The van der Waals surface area contributed by atoms with Gasteiger partial charge in [0.15, 0.2) is 0 Å². The average molecular weight is 377 g/mol. The highest BCUT2D eigenvalue weighted by Gasteiger charge is 2.17. The summed E-state index contributed by atoms with van der Waals surface area (Å²) >= 11 is 1.89. The predicted molar refractivity (Wildman–Crippen MR) is 110 cm³/mol. The highest BCUT2D eigenvalue weighted by molar-refractivity contribution is 7.93. The summed E-state index contributed by atoms with van der Waals surface area (Å²) in [6.07, 6.45) is 1.96. The maximum atomic E-state index is 12.3. The molecule has 5 heteroatoms. The van der Waals surface area contributed by atoms with Crippen molar-refractivity contribution in [1.29, 1.82) is 0 Å². The molecule has 1 atom stereocenters. The predicted octanol–water partition coefficient (Wildman–Crippen LogP) is 4.63. The molecular weight excluding hydrogens is 346 g/mol. The summed E-state index contributed by atoms with van der Waals surface area (Å²) in [6.45, 7) is 2.39. The van der Waals surface area contributed by atoms with Crippen molar-refractivity contribution in [2.24, 2.45) is 0 Å². The van der Waals surface area contributed by atoms with Gasteiger partial charge in [-0.3, -0.25) is 8.68 Å². The maximum absolute atomic E-state index is 12.3. The second-order valence-corrected chi connectivity index (χ2v) is 9.05. The van der Waals surface area contributed by atoms with E-state index in [0.717, 1.165) is 44.6 Å². The van der Waals surface area contributed by atoms with Crippen LogP contribution in [-0.4, -0.2) is 50.5 Å². The minimum atomic E-state index is -0.262. The van der Waals surface area contributed by atoms with Crippen molar-refractivity contribution in [3.05, 3.63) is 42.0 Å². The monoisotopic (exact) mass is 376 g/mol. The number of methoxy groups -OCH3 is 1. The Kier molecular flexibility index (Phi) is 7.35. The van der Waals surface area contributed by atoms with Crippen LogP contribution in [0.3, 0.4) is 0 Å². The molecule has 142 valence electrons. The molecule has 0 aliphatic rings. The van der Waals surface area contributed by atoms with Gasteiger partial charge in [-0.15, -0.1) is 0 Å². The standard InChI is InChI=1S/C21H30NO3S/c1-16(21(23)25-12-6-7-13-26-22(2,3)4)17-8-9-19-15-20(24-5)11-10-18(19)14-17/h8-11,14-16H,6-7,12-13H2,1-5H3/q+1/t16-/m0/s1. The third-order valence-electron chi connectivity index (χ3n) is 4.19. The molecule has 2 rings (SSSR count). The molecule has 0 heterocycles. The molecule has 0 saturated heterocycles. The number of rotatable bonds is 9. The molecule has 0 aliphatic carbocycles. The van der Waals surface area contributed by atoms with Crippen LogP contribution in [0, 0.1) is 0 Å². The van der Waals surface area contributed by atoms with Crippen LogP contribution < -0.4 is 4.74 Å². The van der Waals surface area contributed by atoms with E-state index in [9.17, 15) is 4.79 Å². The number of quaternary nitrogens is 1. The molecule has 26 heavy (non-hydrogen) atoms. The number of nitrogens with zero attached hydrogens (tertiary/aromatic N) is 1. The molecule has 0 aliphatic heterocycles. The number of hydrogen-bond acceptors (Lipinski definition) is 4. The number of carbonyl (C=O) groups is 1. The maximum Gasteiger partial charge on any atom is 0.313 e. The smallest absolute Gasteiger partial charge is 0.313 e. The molecule has 0 radical (unpaired) electrons. The second-order valence-electron chi connectivity index (χ2n) is 7.29. The van der Waals surface area contributed by atoms with Crippen molar-refractivity contribution in [2.45, 2.75) is 25.7 Å². The Labute approximate surface area is 161 Å². The van der Waals surface area contributed by atoms with Gasteiger partial charge in [0.05, 0.1) is 52.7 Å². The van der Waals surface area contributed by atoms with Gasteiger partial charge >= 0.3 is 5.97 Å². The number of carbonyl (C=O) groups excluding carboxylic acids is 1. The fourth-order valence-corrected chi connectivity index (χ4v) is 3.50. The van der Waals surface area contributed by atoms with Gasteiger partial charge in [0.1, 0.15) is 5.75 Å². The highest BCUT2D eigenvalue weighted by Crippen LogP contribution is 2.26. The zero-order chi connectivity index (χ0) is 19.2. The van der Waals surface area contributed by atoms with Gasteiger partial charge in [-0.05, 0) is 48.2 Å².